The number of hydrogen-bond acceptors (Lipinski definition) is 4. The minimum Gasteiger partial charge on any atom is -0.497 e. The van der Waals surface area contributed by atoms with Crippen LogP contribution in [-0.4, -0.2) is 25.1 Å². The number of fused-ring (bicyclic) bond motifs is 1. The first kappa shape index (κ1) is 16.6. The van der Waals surface area contributed by atoms with Crippen LogP contribution in [0.2, 0.25) is 0 Å². The lowest BCUT2D eigenvalue weighted by Crippen LogP contribution is -2.42. The fraction of sp³-hybridized carbons (Fsp3) is 0.316. The number of nitrogens with zero attached hydrogens (tertiary/aromatic N) is 1. The van der Waals surface area contributed by atoms with E-state index < -0.39 is 0 Å². The standard InChI is InChI=1S/C19H20BrN3O2/c1-11-16-17(22-21-11)19(24)23(14-8-6-13(20)7-9-14)18(16)12-4-3-5-15(10-12)25-2/h3-11,16-18,21-22H,1-2H3. The summed E-state index contributed by atoms with van der Waals surface area (Å²) in [6.07, 6.45) is 0. The van der Waals surface area contributed by atoms with Crippen molar-refractivity contribution in [2.24, 2.45) is 5.92 Å². The molecule has 0 saturated carbocycles. The third kappa shape index (κ3) is 2.74. The van der Waals surface area contributed by atoms with Crippen molar-refractivity contribution in [2.75, 3.05) is 12.0 Å². The molecular formula is C19H20BrN3O2. The van der Waals surface area contributed by atoms with Gasteiger partial charge in [-0.2, -0.15) is 0 Å². The van der Waals surface area contributed by atoms with Crippen molar-refractivity contribution in [1.29, 1.82) is 0 Å². The van der Waals surface area contributed by atoms with E-state index in [0.29, 0.717) is 0 Å². The van der Waals surface area contributed by atoms with Crippen LogP contribution in [0.1, 0.15) is 18.5 Å². The summed E-state index contributed by atoms with van der Waals surface area (Å²) in [6, 6.07) is 15.8. The molecule has 0 aliphatic carbocycles. The molecule has 0 aromatic heterocycles. The van der Waals surface area contributed by atoms with Gasteiger partial charge < -0.3 is 9.64 Å². The van der Waals surface area contributed by atoms with Gasteiger partial charge in [-0.1, -0.05) is 28.1 Å². The zero-order valence-electron chi connectivity index (χ0n) is 14.1. The Hall–Kier alpha value is -1.89. The third-order valence-electron chi connectivity index (χ3n) is 5.12. The highest BCUT2D eigenvalue weighted by Gasteiger charge is 2.54. The molecule has 130 valence electrons. The lowest BCUT2D eigenvalue weighted by molar-refractivity contribution is -0.119. The summed E-state index contributed by atoms with van der Waals surface area (Å²) in [5, 5.41) is 0. The summed E-state index contributed by atoms with van der Waals surface area (Å²) in [5.74, 6) is 1.04. The van der Waals surface area contributed by atoms with Gasteiger partial charge in [-0.3, -0.25) is 10.2 Å². The minimum absolute atomic E-state index is 0.0497. The van der Waals surface area contributed by atoms with Crippen LogP contribution >= 0.6 is 15.9 Å². The molecule has 6 heteroatoms. The molecule has 0 radical (unpaired) electrons. The van der Waals surface area contributed by atoms with E-state index in [0.717, 1.165) is 21.5 Å². The van der Waals surface area contributed by atoms with Gasteiger partial charge in [0.1, 0.15) is 11.8 Å². The van der Waals surface area contributed by atoms with E-state index in [1.165, 1.54) is 0 Å². The zero-order chi connectivity index (χ0) is 17.6. The monoisotopic (exact) mass is 401 g/mol. The van der Waals surface area contributed by atoms with Crippen molar-refractivity contribution in [1.82, 2.24) is 10.9 Å². The number of ether oxygens (including phenoxy) is 1. The van der Waals surface area contributed by atoms with Crippen LogP contribution in [-0.2, 0) is 4.79 Å². The second-order valence-corrected chi connectivity index (χ2v) is 7.45. The summed E-state index contributed by atoms with van der Waals surface area (Å²) in [7, 11) is 1.66. The Labute approximate surface area is 155 Å². The maximum atomic E-state index is 13.1. The number of amides is 1. The largest absolute Gasteiger partial charge is 0.497 e. The highest BCUT2D eigenvalue weighted by Crippen LogP contribution is 2.45. The van der Waals surface area contributed by atoms with Crippen molar-refractivity contribution in [2.45, 2.75) is 25.0 Å². The van der Waals surface area contributed by atoms with Crippen LogP contribution in [0.5, 0.6) is 5.75 Å². The molecule has 4 atom stereocenters. The Kier molecular flexibility index (Phi) is 4.27. The van der Waals surface area contributed by atoms with Gasteiger partial charge in [0.25, 0.3) is 0 Å². The zero-order valence-corrected chi connectivity index (χ0v) is 15.7. The minimum atomic E-state index is -0.227. The number of hydrogen-bond donors (Lipinski definition) is 2. The quantitative estimate of drug-likeness (QED) is 0.829. The van der Waals surface area contributed by atoms with Crippen molar-refractivity contribution >= 4 is 27.5 Å². The second-order valence-electron chi connectivity index (χ2n) is 6.54. The van der Waals surface area contributed by atoms with Crippen LogP contribution < -0.4 is 20.5 Å². The van der Waals surface area contributed by atoms with Crippen LogP contribution in [0, 0.1) is 5.92 Å². The Balaban J connectivity index is 1.82. The summed E-state index contributed by atoms with van der Waals surface area (Å²) in [5.41, 5.74) is 8.39. The van der Waals surface area contributed by atoms with E-state index in [1.54, 1.807) is 7.11 Å². The second kappa shape index (κ2) is 6.44. The van der Waals surface area contributed by atoms with Crippen LogP contribution in [0.25, 0.3) is 0 Å². The summed E-state index contributed by atoms with van der Waals surface area (Å²) < 4.78 is 6.39. The number of nitrogens with one attached hydrogen (secondary N) is 2. The lowest BCUT2D eigenvalue weighted by Gasteiger charge is -2.30. The highest BCUT2D eigenvalue weighted by atomic mass is 79.9. The van der Waals surface area contributed by atoms with Gasteiger partial charge >= 0.3 is 0 Å². The van der Waals surface area contributed by atoms with Crippen LogP contribution in [0.3, 0.4) is 0 Å². The van der Waals surface area contributed by atoms with Crippen molar-refractivity contribution in [3.05, 3.63) is 58.6 Å². The Morgan fingerprint density at radius 1 is 1.12 bits per heavy atom. The molecule has 2 fully saturated rings. The summed E-state index contributed by atoms with van der Waals surface area (Å²) >= 11 is 3.46. The van der Waals surface area contributed by atoms with E-state index in [1.807, 2.05) is 47.4 Å². The van der Waals surface area contributed by atoms with Crippen LogP contribution in [0.4, 0.5) is 5.69 Å². The first-order valence-electron chi connectivity index (χ1n) is 8.34. The first-order chi connectivity index (χ1) is 12.1. The average molecular weight is 402 g/mol. The SMILES string of the molecule is COc1cccc(C2C3C(C)NNC3C(=O)N2c2ccc(Br)cc2)c1. The Morgan fingerprint density at radius 2 is 1.88 bits per heavy atom. The number of benzene rings is 2. The van der Waals surface area contributed by atoms with Gasteiger partial charge in [0.15, 0.2) is 0 Å². The average Bonchev–Trinajstić information content (AvgIpc) is 3.14. The molecule has 0 spiro atoms. The molecule has 1 amide bonds. The number of anilines is 1. The number of methoxy groups -OCH3 is 1. The summed E-state index contributed by atoms with van der Waals surface area (Å²) in [4.78, 5) is 15.1. The molecule has 2 aromatic carbocycles. The normalized spacial score (nSPS) is 28.3. The van der Waals surface area contributed by atoms with E-state index in [9.17, 15) is 4.79 Å². The lowest BCUT2D eigenvalue weighted by atomic mass is 9.87. The molecule has 4 unspecified atom stereocenters. The predicted molar refractivity (Wildman–Crippen MR) is 100 cm³/mol. The molecule has 2 N–H and O–H groups in total. The van der Waals surface area contributed by atoms with Gasteiger partial charge in [-0.15, -0.1) is 0 Å². The van der Waals surface area contributed by atoms with Gasteiger partial charge in [-0.25, -0.2) is 5.43 Å². The van der Waals surface area contributed by atoms with E-state index in [2.05, 4.69) is 39.8 Å². The maximum Gasteiger partial charge on any atom is 0.246 e. The molecule has 5 nitrogen and oxygen atoms in total. The predicted octanol–water partition coefficient (Wildman–Crippen LogP) is 3.03. The molecule has 2 saturated heterocycles. The molecule has 4 rings (SSSR count). The Morgan fingerprint density at radius 3 is 2.60 bits per heavy atom. The third-order valence-corrected chi connectivity index (χ3v) is 5.64. The van der Waals surface area contributed by atoms with E-state index >= 15 is 0 Å². The number of hydrazine groups is 1. The molecule has 2 aliphatic heterocycles. The highest BCUT2D eigenvalue weighted by molar-refractivity contribution is 9.10. The fourth-order valence-corrected chi connectivity index (χ4v) is 4.19. The number of carbonyl (C=O) groups is 1. The van der Waals surface area contributed by atoms with Crippen molar-refractivity contribution < 1.29 is 9.53 Å². The van der Waals surface area contributed by atoms with Crippen molar-refractivity contribution in [3.8, 4) is 5.75 Å². The maximum absolute atomic E-state index is 13.1. The Bertz CT molecular complexity index is 796. The summed E-state index contributed by atoms with van der Waals surface area (Å²) in [6.45, 7) is 2.11. The van der Waals surface area contributed by atoms with Crippen LogP contribution in [0.15, 0.2) is 53.0 Å². The molecular weight excluding hydrogens is 382 g/mol. The van der Waals surface area contributed by atoms with E-state index in [4.69, 9.17) is 4.74 Å². The molecule has 0 bridgehead atoms. The molecule has 2 aliphatic rings. The van der Waals surface area contributed by atoms with Gasteiger partial charge in [0.2, 0.25) is 5.91 Å². The van der Waals surface area contributed by atoms with Gasteiger partial charge in [0.05, 0.1) is 13.2 Å². The van der Waals surface area contributed by atoms with Crippen molar-refractivity contribution in [3.63, 3.8) is 0 Å². The van der Waals surface area contributed by atoms with Gasteiger partial charge in [0, 0.05) is 22.1 Å². The first-order valence-corrected chi connectivity index (χ1v) is 9.13. The smallest absolute Gasteiger partial charge is 0.246 e. The number of carbonyl (C=O) groups excluding carboxylic acids is 1. The topological polar surface area (TPSA) is 53.6 Å². The van der Waals surface area contributed by atoms with E-state index in [-0.39, 0.29) is 30.0 Å². The molecule has 25 heavy (non-hydrogen) atoms. The molecule has 2 aromatic rings. The van der Waals surface area contributed by atoms with Gasteiger partial charge in [-0.05, 0) is 48.9 Å². The molecule has 2 heterocycles. The number of halogens is 1. The number of rotatable bonds is 3. The fourth-order valence-electron chi connectivity index (χ4n) is 3.93.